The standard InChI is InChI=1S/C20H21F3N4O4/c1-24-19(31)17-18(30)15(28)10-27(25-17)9-12-8-16(29)26(2)14(12)7-11-4-3-5-13(6-11)20(21,22)23/h3-6,10,12,14,28H,7-9H2,1-2H3,(H,24,31). The summed E-state index contributed by atoms with van der Waals surface area (Å²) < 4.78 is 40.3. The van der Waals surface area contributed by atoms with Crippen LogP contribution in [0.1, 0.15) is 28.0 Å². The average Bonchev–Trinajstić information content (AvgIpc) is 2.97. The van der Waals surface area contributed by atoms with Crippen LogP contribution in [0.3, 0.4) is 0 Å². The maximum atomic E-state index is 13.0. The van der Waals surface area contributed by atoms with Gasteiger partial charge in [-0.2, -0.15) is 18.3 Å². The third-order valence-electron chi connectivity index (χ3n) is 5.38. The molecule has 1 fully saturated rings. The lowest BCUT2D eigenvalue weighted by Gasteiger charge is -2.26. The molecule has 1 aliphatic heterocycles. The summed E-state index contributed by atoms with van der Waals surface area (Å²) in [6.45, 7) is 0.0809. The van der Waals surface area contributed by atoms with Crippen LogP contribution in [0.5, 0.6) is 5.75 Å². The molecule has 0 bridgehead atoms. The monoisotopic (exact) mass is 438 g/mol. The number of rotatable bonds is 5. The first-order valence-corrected chi connectivity index (χ1v) is 9.46. The Morgan fingerprint density at radius 2 is 2.03 bits per heavy atom. The first-order valence-electron chi connectivity index (χ1n) is 9.46. The summed E-state index contributed by atoms with van der Waals surface area (Å²) in [6.07, 6.45) is -3.10. The van der Waals surface area contributed by atoms with Crippen LogP contribution in [0.2, 0.25) is 0 Å². The minimum atomic E-state index is -4.47. The van der Waals surface area contributed by atoms with Gasteiger partial charge in [0.05, 0.1) is 11.8 Å². The topological polar surface area (TPSA) is 105 Å². The van der Waals surface area contributed by atoms with Crippen molar-refractivity contribution in [2.24, 2.45) is 5.92 Å². The molecule has 0 aliphatic carbocycles. The maximum absolute atomic E-state index is 13.0. The highest BCUT2D eigenvalue weighted by Gasteiger charge is 2.38. The molecule has 2 amide bonds. The van der Waals surface area contributed by atoms with Gasteiger partial charge >= 0.3 is 6.18 Å². The van der Waals surface area contributed by atoms with Gasteiger partial charge in [-0.05, 0) is 18.1 Å². The molecular formula is C20H21F3N4O4. The van der Waals surface area contributed by atoms with Crippen molar-refractivity contribution in [1.82, 2.24) is 20.0 Å². The Bertz CT molecular complexity index is 1070. The van der Waals surface area contributed by atoms with Crippen LogP contribution < -0.4 is 10.7 Å². The van der Waals surface area contributed by atoms with Crippen LogP contribution >= 0.6 is 0 Å². The molecule has 1 saturated heterocycles. The summed E-state index contributed by atoms with van der Waals surface area (Å²) >= 11 is 0. The smallest absolute Gasteiger partial charge is 0.416 e. The third-order valence-corrected chi connectivity index (χ3v) is 5.38. The molecule has 1 aliphatic rings. The third kappa shape index (κ3) is 4.70. The van der Waals surface area contributed by atoms with Crippen LogP contribution in [-0.2, 0) is 23.9 Å². The molecular weight excluding hydrogens is 417 g/mol. The molecule has 166 valence electrons. The van der Waals surface area contributed by atoms with Crippen molar-refractivity contribution in [3.63, 3.8) is 0 Å². The van der Waals surface area contributed by atoms with Crippen molar-refractivity contribution in [2.45, 2.75) is 31.6 Å². The number of likely N-dealkylation sites (N-methyl/N-ethyl adjacent to an activating group) is 1. The van der Waals surface area contributed by atoms with Gasteiger partial charge in [-0.25, -0.2) is 0 Å². The Morgan fingerprint density at radius 1 is 1.32 bits per heavy atom. The van der Waals surface area contributed by atoms with Crippen molar-refractivity contribution in [3.05, 3.63) is 57.5 Å². The summed E-state index contributed by atoms with van der Waals surface area (Å²) in [5.41, 5.74) is -1.76. The Hall–Kier alpha value is -3.37. The van der Waals surface area contributed by atoms with Gasteiger partial charge in [0.15, 0.2) is 11.4 Å². The number of aromatic hydroxyl groups is 1. The summed E-state index contributed by atoms with van der Waals surface area (Å²) in [7, 11) is 2.89. The number of likely N-dealkylation sites (tertiary alicyclic amines) is 1. The molecule has 31 heavy (non-hydrogen) atoms. The molecule has 8 nitrogen and oxygen atoms in total. The Morgan fingerprint density at radius 3 is 2.68 bits per heavy atom. The molecule has 3 rings (SSSR count). The molecule has 1 aromatic carbocycles. The molecule has 11 heteroatoms. The summed E-state index contributed by atoms with van der Waals surface area (Å²) in [5, 5.41) is 16.1. The lowest BCUT2D eigenvalue weighted by atomic mass is 9.93. The predicted molar refractivity (Wildman–Crippen MR) is 103 cm³/mol. The van der Waals surface area contributed by atoms with Crippen LogP contribution in [0.4, 0.5) is 13.2 Å². The van der Waals surface area contributed by atoms with Crippen molar-refractivity contribution in [3.8, 4) is 5.75 Å². The number of hydrogen-bond donors (Lipinski definition) is 2. The van der Waals surface area contributed by atoms with Gasteiger partial charge in [0.2, 0.25) is 5.91 Å². The number of nitrogens with one attached hydrogen (secondary N) is 1. The molecule has 2 atom stereocenters. The van der Waals surface area contributed by atoms with E-state index in [-0.39, 0.29) is 31.2 Å². The number of halogens is 3. The van der Waals surface area contributed by atoms with Crippen LogP contribution in [0.15, 0.2) is 35.3 Å². The fourth-order valence-electron chi connectivity index (χ4n) is 3.74. The zero-order chi connectivity index (χ0) is 22.9. The second-order valence-corrected chi connectivity index (χ2v) is 7.43. The Kier molecular flexibility index (Phi) is 6.05. The SMILES string of the molecule is CNC(=O)c1nn(CC2CC(=O)N(C)C2Cc2cccc(C(F)(F)F)c2)cc(O)c1=O. The molecule has 1 aromatic heterocycles. The number of nitrogens with zero attached hydrogens (tertiary/aromatic N) is 3. The fraction of sp³-hybridized carbons (Fsp3) is 0.400. The molecule has 0 saturated carbocycles. The minimum absolute atomic E-state index is 0.0809. The predicted octanol–water partition coefficient (Wildman–Crippen LogP) is 1.42. The number of benzene rings is 1. The second-order valence-electron chi connectivity index (χ2n) is 7.43. The summed E-state index contributed by atoms with van der Waals surface area (Å²) in [6, 6.07) is 4.50. The van der Waals surface area contributed by atoms with Crippen LogP contribution in [0, 0.1) is 5.92 Å². The Balaban J connectivity index is 1.88. The van der Waals surface area contributed by atoms with Crippen molar-refractivity contribution >= 4 is 11.8 Å². The van der Waals surface area contributed by atoms with Crippen LogP contribution in [0.25, 0.3) is 0 Å². The average molecular weight is 438 g/mol. The van der Waals surface area contributed by atoms with Gasteiger partial charge < -0.3 is 15.3 Å². The second kappa shape index (κ2) is 8.40. The maximum Gasteiger partial charge on any atom is 0.416 e. The fourth-order valence-corrected chi connectivity index (χ4v) is 3.74. The van der Waals surface area contributed by atoms with Gasteiger partial charge in [0.1, 0.15) is 0 Å². The van der Waals surface area contributed by atoms with E-state index >= 15 is 0 Å². The molecule has 0 spiro atoms. The summed E-state index contributed by atoms with van der Waals surface area (Å²) in [4.78, 5) is 37.6. The van der Waals surface area contributed by atoms with Gasteiger partial charge in [-0.3, -0.25) is 19.1 Å². The summed E-state index contributed by atoms with van der Waals surface area (Å²) in [5.74, 6) is -1.98. The highest BCUT2D eigenvalue weighted by Crippen LogP contribution is 2.32. The Labute approximate surface area is 175 Å². The molecule has 2 aromatic rings. The van der Waals surface area contributed by atoms with E-state index in [1.54, 1.807) is 13.1 Å². The quantitative estimate of drug-likeness (QED) is 0.735. The van der Waals surface area contributed by atoms with E-state index in [1.165, 1.54) is 22.7 Å². The molecule has 2 heterocycles. The molecule has 0 radical (unpaired) electrons. The minimum Gasteiger partial charge on any atom is -0.503 e. The lowest BCUT2D eigenvalue weighted by Crippen LogP contribution is -2.36. The van der Waals surface area contributed by atoms with Gasteiger partial charge in [-0.15, -0.1) is 0 Å². The number of hydrogen-bond acceptors (Lipinski definition) is 5. The van der Waals surface area contributed by atoms with Crippen molar-refractivity contribution in [2.75, 3.05) is 14.1 Å². The zero-order valence-corrected chi connectivity index (χ0v) is 16.8. The van der Waals surface area contributed by atoms with Crippen molar-refractivity contribution in [1.29, 1.82) is 0 Å². The largest absolute Gasteiger partial charge is 0.503 e. The first kappa shape index (κ1) is 22.3. The van der Waals surface area contributed by atoms with Crippen LogP contribution in [-0.4, -0.2) is 51.7 Å². The highest BCUT2D eigenvalue weighted by atomic mass is 19.4. The number of carbonyl (C=O) groups excluding carboxylic acids is 2. The van der Waals surface area contributed by atoms with E-state index < -0.39 is 40.6 Å². The van der Waals surface area contributed by atoms with Gasteiger partial charge in [-0.1, -0.05) is 18.2 Å². The number of carbonyl (C=O) groups is 2. The number of amides is 2. The van der Waals surface area contributed by atoms with Gasteiger partial charge in [0, 0.05) is 39.0 Å². The lowest BCUT2D eigenvalue weighted by molar-refractivity contribution is -0.137. The molecule has 2 unspecified atom stereocenters. The highest BCUT2D eigenvalue weighted by molar-refractivity contribution is 5.92. The normalized spacial score (nSPS) is 19.0. The first-order chi connectivity index (χ1) is 14.5. The number of alkyl halides is 3. The zero-order valence-electron chi connectivity index (χ0n) is 16.8. The van der Waals surface area contributed by atoms with E-state index in [1.807, 2.05) is 0 Å². The van der Waals surface area contributed by atoms with E-state index in [0.717, 1.165) is 18.3 Å². The van der Waals surface area contributed by atoms with Crippen molar-refractivity contribution < 1.29 is 27.9 Å². The molecule has 2 N–H and O–H groups in total. The number of aromatic nitrogens is 2. The van der Waals surface area contributed by atoms with E-state index in [2.05, 4.69) is 10.4 Å². The van der Waals surface area contributed by atoms with E-state index in [4.69, 9.17) is 0 Å². The van der Waals surface area contributed by atoms with E-state index in [9.17, 15) is 32.7 Å². The van der Waals surface area contributed by atoms with E-state index in [0.29, 0.717) is 5.56 Å². The van der Waals surface area contributed by atoms with Gasteiger partial charge in [0.25, 0.3) is 11.3 Å².